The van der Waals surface area contributed by atoms with Crippen molar-refractivity contribution < 1.29 is 4.79 Å². The zero-order valence-electron chi connectivity index (χ0n) is 8.50. The van der Waals surface area contributed by atoms with Crippen LogP contribution in [0, 0.1) is 0 Å². The zero-order chi connectivity index (χ0) is 11.8. The number of fused-ring (bicyclic) bond motifs is 1. The molecule has 84 valence electrons. The number of thiazole rings is 1. The second-order valence-corrected chi connectivity index (χ2v) is 5.01. The Balaban J connectivity index is 2.30. The molecule has 4 nitrogen and oxygen atoms in total. The summed E-state index contributed by atoms with van der Waals surface area (Å²) >= 11 is 7.21. The first-order valence-corrected chi connectivity index (χ1v) is 6.03. The van der Waals surface area contributed by atoms with Gasteiger partial charge in [0, 0.05) is 12.4 Å². The number of hydrogen-bond donors (Lipinski definition) is 0. The molecule has 0 saturated heterocycles. The Hall–Kier alpha value is -1.72. The van der Waals surface area contributed by atoms with E-state index < -0.39 is 0 Å². The Bertz CT molecular complexity index is 689. The first kappa shape index (κ1) is 10.4. The van der Waals surface area contributed by atoms with Crippen LogP contribution in [0.15, 0.2) is 30.6 Å². The zero-order valence-corrected chi connectivity index (χ0v) is 10.1. The highest BCUT2D eigenvalue weighted by Gasteiger charge is 2.16. The summed E-state index contributed by atoms with van der Waals surface area (Å²) in [4.78, 5) is 20.4. The van der Waals surface area contributed by atoms with Gasteiger partial charge < -0.3 is 0 Å². The maximum absolute atomic E-state index is 11.2. The highest BCUT2D eigenvalue weighted by atomic mass is 35.5. The summed E-state index contributed by atoms with van der Waals surface area (Å²) in [5.74, 6) is 0. The van der Waals surface area contributed by atoms with E-state index in [2.05, 4.69) is 9.97 Å². The summed E-state index contributed by atoms with van der Waals surface area (Å²) < 4.78 is 2.28. The van der Waals surface area contributed by atoms with Gasteiger partial charge in [-0.2, -0.15) is 0 Å². The molecule has 0 saturated carbocycles. The SMILES string of the molecule is O=Cc1c(-c2ccccn2)nc2sc(Cl)cn12. The summed E-state index contributed by atoms with van der Waals surface area (Å²) in [5.41, 5.74) is 1.74. The lowest BCUT2D eigenvalue weighted by Crippen LogP contribution is -1.91. The number of carbonyl (C=O) groups excluding carboxylic acids is 1. The van der Waals surface area contributed by atoms with E-state index in [1.165, 1.54) is 11.3 Å². The fraction of sp³-hybridized carbons (Fsp3) is 0. The van der Waals surface area contributed by atoms with Gasteiger partial charge in [0.15, 0.2) is 11.2 Å². The second-order valence-electron chi connectivity index (χ2n) is 3.37. The van der Waals surface area contributed by atoms with Crippen molar-refractivity contribution in [2.24, 2.45) is 0 Å². The molecule has 0 aliphatic carbocycles. The van der Waals surface area contributed by atoms with E-state index >= 15 is 0 Å². The smallest absolute Gasteiger partial charge is 0.196 e. The number of halogens is 1. The van der Waals surface area contributed by atoms with Crippen molar-refractivity contribution in [3.8, 4) is 11.4 Å². The number of pyridine rings is 1. The summed E-state index contributed by atoms with van der Waals surface area (Å²) in [7, 11) is 0. The van der Waals surface area contributed by atoms with Gasteiger partial charge in [-0.3, -0.25) is 14.2 Å². The van der Waals surface area contributed by atoms with E-state index in [0.717, 1.165) is 6.29 Å². The van der Waals surface area contributed by atoms with Crippen LogP contribution in [0.5, 0.6) is 0 Å². The Kier molecular flexibility index (Phi) is 2.42. The molecule has 3 rings (SSSR count). The third kappa shape index (κ3) is 1.64. The Morgan fingerprint density at radius 3 is 3.00 bits per heavy atom. The van der Waals surface area contributed by atoms with E-state index in [-0.39, 0.29) is 0 Å². The normalized spacial score (nSPS) is 10.9. The molecular weight excluding hydrogens is 258 g/mol. The fourth-order valence-corrected chi connectivity index (χ4v) is 2.66. The third-order valence-electron chi connectivity index (χ3n) is 2.35. The highest BCUT2D eigenvalue weighted by molar-refractivity contribution is 7.20. The van der Waals surface area contributed by atoms with Crippen LogP contribution in [0.25, 0.3) is 16.3 Å². The van der Waals surface area contributed by atoms with Gasteiger partial charge in [0.05, 0.1) is 5.69 Å². The third-order valence-corrected chi connectivity index (χ3v) is 3.45. The minimum atomic E-state index is 0.474. The maximum atomic E-state index is 11.2. The van der Waals surface area contributed by atoms with E-state index in [9.17, 15) is 4.79 Å². The highest BCUT2D eigenvalue weighted by Crippen LogP contribution is 2.28. The van der Waals surface area contributed by atoms with Gasteiger partial charge in [-0.25, -0.2) is 4.98 Å². The molecule has 0 aliphatic rings. The monoisotopic (exact) mass is 263 g/mol. The van der Waals surface area contributed by atoms with Crippen LogP contribution in [0.1, 0.15) is 10.5 Å². The lowest BCUT2D eigenvalue weighted by atomic mass is 10.2. The molecule has 0 amide bonds. The van der Waals surface area contributed by atoms with Gasteiger partial charge in [0.1, 0.15) is 15.7 Å². The molecule has 17 heavy (non-hydrogen) atoms. The summed E-state index contributed by atoms with van der Waals surface area (Å²) in [5, 5.41) is 0. The molecule has 0 N–H and O–H groups in total. The number of aromatic nitrogens is 3. The molecule has 0 atom stereocenters. The molecule has 0 bridgehead atoms. The van der Waals surface area contributed by atoms with Gasteiger partial charge in [-0.15, -0.1) is 0 Å². The molecule has 0 aromatic carbocycles. The molecular formula is C11H6ClN3OS. The largest absolute Gasteiger partial charge is 0.296 e. The lowest BCUT2D eigenvalue weighted by Gasteiger charge is -1.95. The van der Waals surface area contributed by atoms with Crippen LogP contribution in [0.3, 0.4) is 0 Å². The molecule has 0 fully saturated rings. The van der Waals surface area contributed by atoms with Crippen LogP contribution in [-0.4, -0.2) is 20.7 Å². The summed E-state index contributed by atoms with van der Waals surface area (Å²) in [6.07, 6.45) is 4.13. The number of carbonyl (C=O) groups is 1. The van der Waals surface area contributed by atoms with E-state index in [4.69, 9.17) is 11.6 Å². The molecule has 3 heterocycles. The second kappa shape index (κ2) is 3.94. The van der Waals surface area contributed by atoms with Crippen LogP contribution >= 0.6 is 22.9 Å². The van der Waals surface area contributed by atoms with Gasteiger partial charge in [0.25, 0.3) is 0 Å². The predicted molar refractivity (Wildman–Crippen MR) is 66.7 cm³/mol. The fourth-order valence-electron chi connectivity index (χ4n) is 1.64. The number of hydrogen-bond acceptors (Lipinski definition) is 4. The minimum absolute atomic E-state index is 0.474. The number of rotatable bonds is 2. The lowest BCUT2D eigenvalue weighted by molar-refractivity contribution is 0.111. The molecule has 0 aliphatic heterocycles. The molecule has 0 radical (unpaired) electrons. The van der Waals surface area contributed by atoms with Crippen LogP contribution in [-0.2, 0) is 0 Å². The summed E-state index contributed by atoms with van der Waals surface area (Å²) in [6, 6.07) is 5.50. The molecule has 0 unspecified atom stereocenters. The van der Waals surface area contributed by atoms with Crippen molar-refractivity contribution in [2.45, 2.75) is 0 Å². The van der Waals surface area contributed by atoms with Crippen LogP contribution in [0.4, 0.5) is 0 Å². The van der Waals surface area contributed by atoms with Crippen molar-refractivity contribution in [1.82, 2.24) is 14.4 Å². The van der Waals surface area contributed by atoms with Crippen molar-refractivity contribution >= 4 is 34.2 Å². The molecule has 3 aromatic rings. The van der Waals surface area contributed by atoms with Crippen LogP contribution in [0.2, 0.25) is 4.34 Å². The van der Waals surface area contributed by atoms with Crippen LogP contribution < -0.4 is 0 Å². The van der Waals surface area contributed by atoms with Gasteiger partial charge in [-0.05, 0) is 12.1 Å². The average Bonchev–Trinajstić information content (AvgIpc) is 2.85. The standard InChI is InChI=1S/C11H6ClN3OS/c12-9-5-15-8(6-16)10(14-11(15)17-9)7-3-1-2-4-13-7/h1-6H. The minimum Gasteiger partial charge on any atom is -0.296 e. The van der Waals surface area contributed by atoms with Gasteiger partial charge in [-0.1, -0.05) is 29.0 Å². The predicted octanol–water partition coefficient (Wildman–Crippen LogP) is 2.92. The van der Waals surface area contributed by atoms with E-state index in [1.807, 2.05) is 18.2 Å². The van der Waals surface area contributed by atoms with E-state index in [0.29, 0.717) is 26.4 Å². The molecule has 3 aromatic heterocycles. The number of imidazole rings is 1. The van der Waals surface area contributed by atoms with Crippen molar-refractivity contribution in [3.05, 3.63) is 40.6 Å². The first-order chi connectivity index (χ1) is 8.29. The topological polar surface area (TPSA) is 47.3 Å². The Morgan fingerprint density at radius 1 is 1.41 bits per heavy atom. The quantitative estimate of drug-likeness (QED) is 0.668. The van der Waals surface area contributed by atoms with E-state index in [1.54, 1.807) is 16.8 Å². The van der Waals surface area contributed by atoms with Crippen molar-refractivity contribution in [3.63, 3.8) is 0 Å². The Morgan fingerprint density at radius 2 is 2.29 bits per heavy atom. The maximum Gasteiger partial charge on any atom is 0.196 e. The number of aldehydes is 1. The number of nitrogens with zero attached hydrogens (tertiary/aromatic N) is 3. The molecule has 0 spiro atoms. The Labute approximate surface area is 106 Å². The molecule has 6 heteroatoms. The van der Waals surface area contributed by atoms with Gasteiger partial charge >= 0.3 is 0 Å². The van der Waals surface area contributed by atoms with Crippen molar-refractivity contribution in [1.29, 1.82) is 0 Å². The van der Waals surface area contributed by atoms with Gasteiger partial charge in [0.2, 0.25) is 0 Å². The average molecular weight is 264 g/mol. The summed E-state index contributed by atoms with van der Waals surface area (Å²) in [6.45, 7) is 0. The first-order valence-electron chi connectivity index (χ1n) is 4.83. The van der Waals surface area contributed by atoms with Crippen molar-refractivity contribution in [2.75, 3.05) is 0 Å².